The molecule has 0 aliphatic heterocycles. The van der Waals surface area contributed by atoms with Gasteiger partial charge in [-0.25, -0.2) is 0 Å². The van der Waals surface area contributed by atoms with Crippen molar-refractivity contribution in [2.45, 2.75) is 83.6 Å². The van der Waals surface area contributed by atoms with E-state index in [2.05, 4.69) is 130 Å². The smallest absolute Gasteiger partial charge is 0.0943 e. The molecule has 1 fully saturated rings. The maximum absolute atomic E-state index is 6.70. The number of anilines is 1. The number of pyridine rings is 1. The summed E-state index contributed by atoms with van der Waals surface area (Å²) >= 11 is 6.70. The van der Waals surface area contributed by atoms with Crippen LogP contribution in [0, 0.1) is 0 Å². The first-order valence-electron chi connectivity index (χ1n) is 16.0. The molecule has 5 aromatic rings. The number of benzene rings is 4. The van der Waals surface area contributed by atoms with Gasteiger partial charge in [0, 0.05) is 16.3 Å². The van der Waals surface area contributed by atoms with Crippen LogP contribution in [0.5, 0.6) is 0 Å². The lowest BCUT2D eigenvalue weighted by molar-refractivity contribution is 0.441. The number of halogens is 1. The van der Waals surface area contributed by atoms with Crippen LogP contribution < -0.4 is 5.32 Å². The Labute approximate surface area is 262 Å². The Balaban J connectivity index is 1.54. The van der Waals surface area contributed by atoms with Gasteiger partial charge in [-0.3, -0.25) is 4.98 Å². The molecule has 0 amide bonds. The van der Waals surface area contributed by atoms with E-state index in [-0.39, 0.29) is 6.04 Å². The van der Waals surface area contributed by atoms with Gasteiger partial charge in [-0.2, -0.15) is 0 Å². The third-order valence-electron chi connectivity index (χ3n) is 9.18. The molecule has 43 heavy (non-hydrogen) atoms. The molecule has 1 N–H and O–H groups in total. The zero-order valence-electron chi connectivity index (χ0n) is 25.9. The second kappa shape index (κ2) is 12.9. The van der Waals surface area contributed by atoms with Crippen LogP contribution in [0.1, 0.15) is 112 Å². The highest BCUT2D eigenvalue weighted by atomic mass is 35.5. The molecule has 2 nitrogen and oxygen atoms in total. The van der Waals surface area contributed by atoms with E-state index in [4.69, 9.17) is 16.6 Å². The Morgan fingerprint density at radius 3 is 2.09 bits per heavy atom. The summed E-state index contributed by atoms with van der Waals surface area (Å²) in [6, 6.07) is 34.9. The molecule has 1 heterocycles. The van der Waals surface area contributed by atoms with E-state index in [9.17, 15) is 0 Å². The molecule has 1 saturated carbocycles. The van der Waals surface area contributed by atoms with E-state index in [1.807, 2.05) is 0 Å². The van der Waals surface area contributed by atoms with Crippen molar-refractivity contribution in [3.8, 4) is 11.3 Å². The van der Waals surface area contributed by atoms with Gasteiger partial charge in [0.15, 0.2) is 0 Å². The van der Waals surface area contributed by atoms with Crippen molar-refractivity contribution in [3.63, 3.8) is 0 Å². The molecular formula is C40H43ClN2. The maximum Gasteiger partial charge on any atom is 0.0943 e. The van der Waals surface area contributed by atoms with Crippen LogP contribution >= 0.6 is 11.6 Å². The van der Waals surface area contributed by atoms with Crippen molar-refractivity contribution in [1.29, 1.82) is 0 Å². The average Bonchev–Trinajstić information content (AvgIpc) is 3.04. The third-order valence-corrected chi connectivity index (χ3v) is 9.40. The number of nitrogens with zero attached hydrogens (tertiary/aromatic N) is 1. The van der Waals surface area contributed by atoms with Crippen molar-refractivity contribution >= 4 is 28.1 Å². The summed E-state index contributed by atoms with van der Waals surface area (Å²) < 4.78 is 0. The molecule has 1 aliphatic carbocycles. The normalized spacial score (nSPS) is 14.9. The summed E-state index contributed by atoms with van der Waals surface area (Å²) in [5.41, 5.74) is 9.68. The summed E-state index contributed by atoms with van der Waals surface area (Å²) in [5.74, 6) is 1.22. The summed E-state index contributed by atoms with van der Waals surface area (Å²) in [5, 5.41) is 7.37. The fraction of sp³-hybridized carbons (Fsp3) is 0.325. The van der Waals surface area contributed by atoms with Gasteiger partial charge < -0.3 is 5.32 Å². The second-order valence-electron chi connectivity index (χ2n) is 12.8. The quantitative estimate of drug-likeness (QED) is 0.195. The predicted molar refractivity (Wildman–Crippen MR) is 185 cm³/mol. The molecule has 4 aromatic carbocycles. The number of hydrogen-bond donors (Lipinski definition) is 1. The standard InChI is InChI=1S/C40H43ClN2/c1-26(2)35-24-30(41)25-36(27(3)4)39(35)43-40(34-20-11-10-19-32(34)28-14-6-5-7-15-28)38-23-13-22-37(42-38)33-21-12-17-29-16-8-9-18-31(29)33/h8-13,16-28,40,43H,5-7,14-15H2,1-4H3. The van der Waals surface area contributed by atoms with Gasteiger partial charge in [0.1, 0.15) is 0 Å². The van der Waals surface area contributed by atoms with Crippen molar-refractivity contribution in [2.75, 3.05) is 5.32 Å². The Kier molecular flexibility index (Phi) is 8.86. The van der Waals surface area contributed by atoms with Crippen molar-refractivity contribution in [2.24, 2.45) is 0 Å². The van der Waals surface area contributed by atoms with Gasteiger partial charge in [0.2, 0.25) is 0 Å². The van der Waals surface area contributed by atoms with E-state index in [0.29, 0.717) is 17.8 Å². The topological polar surface area (TPSA) is 24.9 Å². The highest BCUT2D eigenvalue weighted by molar-refractivity contribution is 6.30. The first-order valence-corrected chi connectivity index (χ1v) is 16.4. The van der Waals surface area contributed by atoms with Crippen LogP contribution in [0.15, 0.2) is 97.1 Å². The van der Waals surface area contributed by atoms with E-state index >= 15 is 0 Å². The Bertz CT molecular complexity index is 1680. The van der Waals surface area contributed by atoms with Crippen LogP contribution in [-0.4, -0.2) is 4.98 Å². The van der Waals surface area contributed by atoms with Crippen molar-refractivity contribution in [3.05, 3.63) is 130 Å². The van der Waals surface area contributed by atoms with Crippen LogP contribution in [0.25, 0.3) is 22.0 Å². The fourth-order valence-electron chi connectivity index (χ4n) is 6.95. The van der Waals surface area contributed by atoms with Crippen LogP contribution in [-0.2, 0) is 0 Å². The molecule has 3 heteroatoms. The summed E-state index contributed by atoms with van der Waals surface area (Å²) in [7, 11) is 0. The van der Waals surface area contributed by atoms with Crippen LogP contribution in [0.4, 0.5) is 5.69 Å². The van der Waals surface area contributed by atoms with Gasteiger partial charge in [-0.1, -0.05) is 131 Å². The molecule has 0 radical (unpaired) electrons. The lowest BCUT2D eigenvalue weighted by atomic mass is 9.80. The maximum atomic E-state index is 6.70. The average molecular weight is 587 g/mol. The Morgan fingerprint density at radius 1 is 0.698 bits per heavy atom. The van der Waals surface area contributed by atoms with Gasteiger partial charge in [-0.05, 0) is 87.9 Å². The largest absolute Gasteiger partial charge is 0.372 e. The van der Waals surface area contributed by atoms with Crippen molar-refractivity contribution < 1.29 is 0 Å². The second-order valence-corrected chi connectivity index (χ2v) is 13.2. The van der Waals surface area contributed by atoms with Crippen LogP contribution in [0.2, 0.25) is 5.02 Å². The Morgan fingerprint density at radius 2 is 1.35 bits per heavy atom. The monoisotopic (exact) mass is 586 g/mol. The minimum atomic E-state index is -0.107. The van der Waals surface area contributed by atoms with Gasteiger partial charge in [0.05, 0.1) is 17.4 Å². The third kappa shape index (κ3) is 6.22. The van der Waals surface area contributed by atoms with Gasteiger partial charge in [-0.15, -0.1) is 0 Å². The summed E-state index contributed by atoms with van der Waals surface area (Å²) in [6.07, 6.45) is 6.46. The number of nitrogens with one attached hydrogen (secondary N) is 1. The van der Waals surface area contributed by atoms with Crippen LogP contribution in [0.3, 0.4) is 0 Å². The molecule has 6 rings (SSSR count). The predicted octanol–water partition coefficient (Wildman–Crippen LogP) is 12.1. The highest BCUT2D eigenvalue weighted by Gasteiger charge is 2.27. The van der Waals surface area contributed by atoms with E-state index in [1.165, 1.54) is 70.8 Å². The first kappa shape index (κ1) is 29.5. The molecule has 0 saturated heterocycles. The minimum Gasteiger partial charge on any atom is -0.372 e. The molecule has 1 unspecified atom stereocenters. The first-order chi connectivity index (χ1) is 20.9. The highest BCUT2D eigenvalue weighted by Crippen LogP contribution is 2.42. The van der Waals surface area contributed by atoms with E-state index in [1.54, 1.807) is 0 Å². The molecule has 1 atom stereocenters. The Hall–Kier alpha value is -3.62. The number of fused-ring (bicyclic) bond motifs is 1. The summed E-state index contributed by atoms with van der Waals surface area (Å²) in [6.45, 7) is 9.02. The number of hydrogen-bond acceptors (Lipinski definition) is 2. The number of aromatic nitrogens is 1. The van der Waals surface area contributed by atoms with E-state index < -0.39 is 0 Å². The molecule has 1 aliphatic rings. The molecular weight excluding hydrogens is 544 g/mol. The molecule has 1 aromatic heterocycles. The zero-order valence-corrected chi connectivity index (χ0v) is 26.7. The number of rotatable bonds is 8. The molecule has 220 valence electrons. The lowest BCUT2D eigenvalue weighted by Gasteiger charge is -2.31. The fourth-order valence-corrected chi connectivity index (χ4v) is 7.19. The molecule has 0 spiro atoms. The lowest BCUT2D eigenvalue weighted by Crippen LogP contribution is -2.20. The zero-order chi connectivity index (χ0) is 29.9. The molecule has 0 bridgehead atoms. The van der Waals surface area contributed by atoms with Crippen molar-refractivity contribution in [1.82, 2.24) is 4.98 Å². The van der Waals surface area contributed by atoms with Gasteiger partial charge in [0.25, 0.3) is 0 Å². The minimum absolute atomic E-state index is 0.107. The van der Waals surface area contributed by atoms with E-state index in [0.717, 1.165) is 22.0 Å². The van der Waals surface area contributed by atoms with Gasteiger partial charge >= 0.3 is 0 Å². The SMILES string of the molecule is CC(C)c1cc(Cl)cc(C(C)C)c1NC(c1cccc(-c2cccc3ccccc23)n1)c1ccccc1C1CCCCC1. The summed E-state index contributed by atoms with van der Waals surface area (Å²) in [4.78, 5) is 5.43.